The van der Waals surface area contributed by atoms with Crippen molar-refractivity contribution in [2.24, 2.45) is 0 Å². The van der Waals surface area contributed by atoms with Crippen molar-refractivity contribution >= 4 is 32.3 Å². The van der Waals surface area contributed by atoms with Crippen molar-refractivity contribution in [1.29, 1.82) is 0 Å². The minimum absolute atomic E-state index is 0.634. The van der Waals surface area contributed by atoms with Crippen molar-refractivity contribution in [3.8, 4) is 67.5 Å². The molecule has 0 radical (unpaired) electrons. The molecular formula is C51H33N3. The molecule has 0 atom stereocenters. The average Bonchev–Trinajstić information content (AvgIpc) is 3.26. The van der Waals surface area contributed by atoms with Gasteiger partial charge in [0.15, 0.2) is 17.5 Å². The first-order valence-electron chi connectivity index (χ1n) is 18.3. The molecular weight excluding hydrogens is 655 g/mol. The predicted molar refractivity (Wildman–Crippen MR) is 225 cm³/mol. The highest BCUT2D eigenvalue weighted by Crippen LogP contribution is 2.37. The molecule has 0 saturated heterocycles. The smallest absolute Gasteiger partial charge is 0.164 e. The van der Waals surface area contributed by atoms with E-state index in [0.717, 1.165) is 27.6 Å². The standard InChI is InChI=1S/C51H33N3/c1-3-12-34(13-4-1)38-24-25-40-30-45(27-26-39(40)29-38)51-53-49(36-15-5-2-6-16-36)52-50(54-51)44-20-11-19-43(31-44)48-33-46(32-42-18-9-10-21-47(42)48)41-23-22-35-14-7-8-17-37(35)28-41/h1-33H. The van der Waals surface area contributed by atoms with Gasteiger partial charge in [0.2, 0.25) is 0 Å². The summed E-state index contributed by atoms with van der Waals surface area (Å²) in [6.45, 7) is 0. The molecule has 0 amide bonds. The van der Waals surface area contributed by atoms with Crippen LogP contribution in [0.3, 0.4) is 0 Å². The summed E-state index contributed by atoms with van der Waals surface area (Å²) in [4.78, 5) is 15.3. The maximum atomic E-state index is 5.14. The molecule has 0 unspecified atom stereocenters. The molecule has 252 valence electrons. The van der Waals surface area contributed by atoms with E-state index in [0.29, 0.717) is 17.5 Å². The van der Waals surface area contributed by atoms with Crippen molar-refractivity contribution in [3.63, 3.8) is 0 Å². The highest BCUT2D eigenvalue weighted by Gasteiger charge is 2.15. The Kier molecular flexibility index (Phi) is 7.81. The van der Waals surface area contributed by atoms with Crippen LogP contribution in [0.1, 0.15) is 0 Å². The fourth-order valence-electron chi connectivity index (χ4n) is 7.46. The number of rotatable bonds is 6. The quantitative estimate of drug-likeness (QED) is 0.175. The van der Waals surface area contributed by atoms with Gasteiger partial charge >= 0.3 is 0 Å². The average molecular weight is 688 g/mol. The Morgan fingerprint density at radius 2 is 0.667 bits per heavy atom. The molecule has 0 aliphatic rings. The van der Waals surface area contributed by atoms with Crippen LogP contribution in [-0.4, -0.2) is 15.0 Å². The second kappa shape index (κ2) is 13.4. The Hall–Kier alpha value is -7.23. The SMILES string of the molecule is c1ccc(-c2ccc3cc(-c4nc(-c5ccccc5)nc(-c5cccc(-c6cc(-c7ccc8ccccc8c7)cc7ccccc67)c5)n4)ccc3c2)cc1. The molecule has 0 N–H and O–H groups in total. The molecule has 0 fully saturated rings. The first-order chi connectivity index (χ1) is 26.7. The zero-order valence-electron chi connectivity index (χ0n) is 29.4. The lowest BCUT2D eigenvalue weighted by Crippen LogP contribution is -2.00. The van der Waals surface area contributed by atoms with Crippen LogP contribution in [-0.2, 0) is 0 Å². The minimum atomic E-state index is 0.634. The first-order valence-corrected chi connectivity index (χ1v) is 18.3. The fraction of sp³-hybridized carbons (Fsp3) is 0. The number of benzene rings is 9. The number of fused-ring (bicyclic) bond motifs is 3. The van der Waals surface area contributed by atoms with Gasteiger partial charge in [-0.1, -0.05) is 164 Å². The molecule has 3 nitrogen and oxygen atoms in total. The summed E-state index contributed by atoms with van der Waals surface area (Å²) in [5.41, 5.74) is 9.87. The summed E-state index contributed by atoms with van der Waals surface area (Å²) in [6.07, 6.45) is 0. The van der Waals surface area contributed by atoms with Crippen LogP contribution < -0.4 is 0 Å². The number of aromatic nitrogens is 3. The fourth-order valence-corrected chi connectivity index (χ4v) is 7.46. The summed E-state index contributed by atoms with van der Waals surface area (Å²) in [5, 5.41) is 7.17. The summed E-state index contributed by atoms with van der Waals surface area (Å²) in [6, 6.07) is 70.8. The van der Waals surface area contributed by atoms with Crippen LogP contribution in [0.5, 0.6) is 0 Å². The van der Waals surface area contributed by atoms with Gasteiger partial charge in [0.05, 0.1) is 0 Å². The second-order valence-corrected chi connectivity index (χ2v) is 13.7. The molecule has 54 heavy (non-hydrogen) atoms. The van der Waals surface area contributed by atoms with Gasteiger partial charge in [-0.25, -0.2) is 15.0 Å². The molecule has 0 aliphatic heterocycles. The lowest BCUT2D eigenvalue weighted by atomic mass is 9.91. The lowest BCUT2D eigenvalue weighted by Gasteiger charge is -2.13. The molecule has 3 heteroatoms. The van der Waals surface area contributed by atoms with E-state index in [1.807, 2.05) is 24.3 Å². The Bertz CT molecular complexity index is 2990. The second-order valence-electron chi connectivity index (χ2n) is 13.7. The zero-order chi connectivity index (χ0) is 35.8. The maximum absolute atomic E-state index is 5.14. The van der Waals surface area contributed by atoms with Crippen LogP contribution >= 0.6 is 0 Å². The Morgan fingerprint density at radius 3 is 1.39 bits per heavy atom. The van der Waals surface area contributed by atoms with Crippen LogP contribution in [0.4, 0.5) is 0 Å². The van der Waals surface area contributed by atoms with Crippen molar-refractivity contribution in [2.75, 3.05) is 0 Å². The molecule has 10 rings (SSSR count). The number of hydrogen-bond donors (Lipinski definition) is 0. The molecule has 0 bridgehead atoms. The van der Waals surface area contributed by atoms with Crippen molar-refractivity contribution in [1.82, 2.24) is 15.0 Å². The van der Waals surface area contributed by atoms with Crippen molar-refractivity contribution < 1.29 is 0 Å². The van der Waals surface area contributed by atoms with Crippen LogP contribution in [0.15, 0.2) is 200 Å². The highest BCUT2D eigenvalue weighted by molar-refractivity contribution is 6.01. The molecule has 1 heterocycles. The van der Waals surface area contributed by atoms with Gasteiger partial charge in [0, 0.05) is 16.7 Å². The molecule has 0 aliphatic carbocycles. The van der Waals surface area contributed by atoms with Crippen LogP contribution in [0.2, 0.25) is 0 Å². The van der Waals surface area contributed by atoms with E-state index in [2.05, 4.69) is 176 Å². The Balaban J connectivity index is 1.09. The van der Waals surface area contributed by atoms with Gasteiger partial charge in [-0.2, -0.15) is 0 Å². The Labute approximate surface area is 313 Å². The minimum Gasteiger partial charge on any atom is -0.208 e. The predicted octanol–water partition coefficient (Wildman–Crippen LogP) is 13.3. The highest BCUT2D eigenvalue weighted by atomic mass is 15.0. The third kappa shape index (κ3) is 5.98. The van der Waals surface area contributed by atoms with Crippen LogP contribution in [0.25, 0.3) is 99.9 Å². The van der Waals surface area contributed by atoms with E-state index in [-0.39, 0.29) is 0 Å². The molecule has 1 aromatic heterocycles. The van der Waals surface area contributed by atoms with E-state index >= 15 is 0 Å². The lowest BCUT2D eigenvalue weighted by molar-refractivity contribution is 1.07. The van der Waals surface area contributed by atoms with E-state index in [4.69, 9.17) is 15.0 Å². The third-order valence-corrected chi connectivity index (χ3v) is 10.2. The van der Waals surface area contributed by atoms with Crippen molar-refractivity contribution in [2.45, 2.75) is 0 Å². The summed E-state index contributed by atoms with van der Waals surface area (Å²) < 4.78 is 0. The topological polar surface area (TPSA) is 38.7 Å². The van der Waals surface area contributed by atoms with Crippen LogP contribution in [0, 0.1) is 0 Å². The zero-order valence-corrected chi connectivity index (χ0v) is 29.4. The van der Waals surface area contributed by atoms with Gasteiger partial charge < -0.3 is 0 Å². The monoisotopic (exact) mass is 687 g/mol. The van der Waals surface area contributed by atoms with Gasteiger partial charge in [-0.3, -0.25) is 0 Å². The van der Waals surface area contributed by atoms with E-state index < -0.39 is 0 Å². The van der Waals surface area contributed by atoms with Gasteiger partial charge in [-0.05, 0) is 102 Å². The summed E-state index contributed by atoms with van der Waals surface area (Å²) in [5.74, 6) is 1.92. The first kappa shape index (κ1) is 31.5. The van der Waals surface area contributed by atoms with Gasteiger partial charge in [0.1, 0.15) is 0 Å². The summed E-state index contributed by atoms with van der Waals surface area (Å²) >= 11 is 0. The van der Waals surface area contributed by atoms with Gasteiger partial charge in [-0.15, -0.1) is 0 Å². The van der Waals surface area contributed by atoms with Gasteiger partial charge in [0.25, 0.3) is 0 Å². The Morgan fingerprint density at radius 1 is 0.222 bits per heavy atom. The van der Waals surface area contributed by atoms with E-state index in [9.17, 15) is 0 Å². The normalized spacial score (nSPS) is 11.3. The molecule has 9 aromatic carbocycles. The molecule has 10 aromatic rings. The molecule has 0 saturated carbocycles. The summed E-state index contributed by atoms with van der Waals surface area (Å²) in [7, 11) is 0. The maximum Gasteiger partial charge on any atom is 0.164 e. The largest absolute Gasteiger partial charge is 0.208 e. The molecule has 0 spiro atoms. The number of hydrogen-bond acceptors (Lipinski definition) is 3. The number of nitrogens with zero attached hydrogens (tertiary/aromatic N) is 3. The van der Waals surface area contributed by atoms with E-state index in [1.54, 1.807) is 0 Å². The van der Waals surface area contributed by atoms with E-state index in [1.165, 1.54) is 54.7 Å². The van der Waals surface area contributed by atoms with Crippen molar-refractivity contribution in [3.05, 3.63) is 200 Å². The third-order valence-electron chi connectivity index (χ3n) is 10.2.